The maximum Gasteiger partial charge on any atom is 0.258 e. The molecule has 0 amide bonds. The van der Waals surface area contributed by atoms with Gasteiger partial charge in [-0.15, -0.1) is 11.3 Å². The first-order valence-electron chi connectivity index (χ1n) is 9.31. The van der Waals surface area contributed by atoms with E-state index in [2.05, 4.69) is 35.0 Å². The summed E-state index contributed by atoms with van der Waals surface area (Å²) in [5.41, 5.74) is 1.74. The number of thiazole rings is 1. The molecule has 3 heterocycles. The molecule has 6 heteroatoms. The molecule has 5 nitrogen and oxygen atoms in total. The van der Waals surface area contributed by atoms with Crippen LogP contribution in [0.25, 0.3) is 21.1 Å². The number of likely N-dealkylation sites (tertiary alicyclic amines) is 1. The fourth-order valence-corrected chi connectivity index (χ4v) is 5.13. The summed E-state index contributed by atoms with van der Waals surface area (Å²) in [5.74, 6) is 0.728. The lowest BCUT2D eigenvalue weighted by Gasteiger charge is -2.28. The number of hydrogen-bond donors (Lipinski definition) is 1. The first-order valence-corrected chi connectivity index (χ1v) is 10.1. The quantitative estimate of drug-likeness (QED) is 0.574. The van der Waals surface area contributed by atoms with Crippen molar-refractivity contribution in [1.29, 1.82) is 0 Å². The van der Waals surface area contributed by atoms with Gasteiger partial charge >= 0.3 is 0 Å². The number of nitrogens with zero attached hydrogens (tertiary/aromatic N) is 3. The number of rotatable bonds is 3. The van der Waals surface area contributed by atoms with Crippen molar-refractivity contribution in [3.63, 3.8) is 0 Å². The Bertz CT molecular complexity index is 1150. The predicted molar refractivity (Wildman–Crippen MR) is 109 cm³/mol. The number of aromatic nitrogens is 3. The van der Waals surface area contributed by atoms with Gasteiger partial charge in [-0.2, -0.15) is 0 Å². The molecule has 1 fully saturated rings. The van der Waals surface area contributed by atoms with Crippen LogP contribution in [0.1, 0.15) is 42.7 Å². The number of fused-ring (bicyclic) bond motifs is 2. The number of nitrogens with one attached hydrogen (secondary N) is 1. The van der Waals surface area contributed by atoms with E-state index in [1.165, 1.54) is 4.70 Å². The Morgan fingerprint density at radius 1 is 1.11 bits per heavy atom. The topological polar surface area (TPSA) is 61.9 Å². The third kappa shape index (κ3) is 2.85. The Balaban J connectivity index is 1.52. The van der Waals surface area contributed by atoms with Gasteiger partial charge in [0.2, 0.25) is 0 Å². The fourth-order valence-electron chi connectivity index (χ4n) is 4.01. The monoisotopic (exact) mass is 376 g/mol. The number of aromatic amines is 1. The van der Waals surface area contributed by atoms with Gasteiger partial charge in [-0.1, -0.05) is 24.3 Å². The number of hydrogen-bond acceptors (Lipinski definition) is 5. The van der Waals surface area contributed by atoms with Crippen LogP contribution >= 0.6 is 11.3 Å². The highest BCUT2D eigenvalue weighted by Crippen LogP contribution is 2.40. The van der Waals surface area contributed by atoms with E-state index in [9.17, 15) is 4.79 Å². The molecule has 5 rings (SSSR count). The second-order valence-corrected chi connectivity index (χ2v) is 8.12. The highest BCUT2D eigenvalue weighted by molar-refractivity contribution is 7.18. The molecule has 0 saturated carbocycles. The zero-order valence-electron chi connectivity index (χ0n) is 15.1. The van der Waals surface area contributed by atoms with Crippen LogP contribution < -0.4 is 5.56 Å². The minimum atomic E-state index is -0.0711. The number of H-pyrrole nitrogens is 1. The molecule has 4 aromatic rings. The van der Waals surface area contributed by atoms with Crippen LogP contribution in [0.3, 0.4) is 0 Å². The molecule has 1 saturated heterocycles. The highest BCUT2D eigenvalue weighted by Gasteiger charge is 2.33. The van der Waals surface area contributed by atoms with Gasteiger partial charge < -0.3 is 4.98 Å². The molecule has 0 radical (unpaired) electrons. The molecule has 136 valence electrons. The molecule has 2 aromatic heterocycles. The number of benzene rings is 2. The van der Waals surface area contributed by atoms with Crippen LogP contribution in [0.15, 0.2) is 53.3 Å². The average molecular weight is 376 g/mol. The summed E-state index contributed by atoms with van der Waals surface area (Å²) >= 11 is 1.77. The van der Waals surface area contributed by atoms with E-state index in [1.54, 1.807) is 11.3 Å². The number of para-hydroxylation sites is 2. The lowest BCUT2D eigenvalue weighted by atomic mass is 10.2. The van der Waals surface area contributed by atoms with Gasteiger partial charge in [0.05, 0.1) is 33.2 Å². The lowest BCUT2D eigenvalue weighted by molar-refractivity contribution is 0.187. The largest absolute Gasteiger partial charge is 0.309 e. The van der Waals surface area contributed by atoms with Crippen LogP contribution in [0.5, 0.6) is 0 Å². The first kappa shape index (κ1) is 16.6. The van der Waals surface area contributed by atoms with E-state index >= 15 is 0 Å². The predicted octanol–water partition coefficient (Wildman–Crippen LogP) is 4.43. The maximum atomic E-state index is 12.5. The van der Waals surface area contributed by atoms with Crippen LogP contribution in [0.4, 0.5) is 0 Å². The molecule has 0 bridgehead atoms. The molecule has 1 N–H and O–H groups in total. The molecular formula is C21H20N4OS. The molecule has 0 spiro atoms. The van der Waals surface area contributed by atoms with Crippen LogP contribution in [0.2, 0.25) is 0 Å². The summed E-state index contributed by atoms with van der Waals surface area (Å²) in [4.78, 5) is 27.5. The summed E-state index contributed by atoms with van der Waals surface area (Å²) in [6, 6.07) is 16.1. The third-order valence-electron chi connectivity index (χ3n) is 5.41. The van der Waals surface area contributed by atoms with Crippen molar-refractivity contribution < 1.29 is 0 Å². The van der Waals surface area contributed by atoms with Gasteiger partial charge in [-0.3, -0.25) is 9.69 Å². The van der Waals surface area contributed by atoms with E-state index in [1.807, 2.05) is 30.3 Å². The van der Waals surface area contributed by atoms with E-state index in [-0.39, 0.29) is 17.6 Å². The van der Waals surface area contributed by atoms with Crippen molar-refractivity contribution in [3.8, 4) is 0 Å². The molecule has 2 atom stereocenters. The Kier molecular flexibility index (Phi) is 4.02. The maximum absolute atomic E-state index is 12.5. The van der Waals surface area contributed by atoms with Crippen LogP contribution in [0, 0.1) is 0 Å². The van der Waals surface area contributed by atoms with Gasteiger partial charge in [0, 0.05) is 0 Å². The first-order chi connectivity index (χ1) is 13.2. The second-order valence-electron chi connectivity index (χ2n) is 7.06. The third-order valence-corrected chi connectivity index (χ3v) is 6.55. The summed E-state index contributed by atoms with van der Waals surface area (Å²) < 4.78 is 1.23. The second kappa shape index (κ2) is 6.55. The summed E-state index contributed by atoms with van der Waals surface area (Å²) in [6.45, 7) is 3.11. The lowest BCUT2D eigenvalue weighted by Crippen LogP contribution is -2.29. The van der Waals surface area contributed by atoms with Crippen molar-refractivity contribution in [2.24, 2.45) is 0 Å². The Morgan fingerprint density at radius 2 is 1.89 bits per heavy atom. The highest BCUT2D eigenvalue weighted by atomic mass is 32.1. The Labute approximate surface area is 160 Å². The summed E-state index contributed by atoms with van der Waals surface area (Å²) in [7, 11) is 0. The minimum absolute atomic E-state index is 0.0295. The van der Waals surface area contributed by atoms with E-state index in [4.69, 9.17) is 9.97 Å². The van der Waals surface area contributed by atoms with Crippen molar-refractivity contribution in [3.05, 3.63) is 69.7 Å². The molecule has 0 aliphatic carbocycles. The van der Waals surface area contributed by atoms with Gasteiger partial charge in [-0.05, 0) is 50.6 Å². The van der Waals surface area contributed by atoms with Crippen molar-refractivity contribution >= 4 is 32.5 Å². The van der Waals surface area contributed by atoms with E-state index < -0.39 is 0 Å². The standard InChI is InChI=1S/C21H20N4OS/c1-13(19-22-15-8-3-2-7-14(15)20(26)24-19)25-12-6-10-17(25)21-23-16-9-4-5-11-18(16)27-21/h2-5,7-9,11,13,17H,6,10,12H2,1H3,(H,22,24,26). The summed E-state index contributed by atoms with van der Waals surface area (Å²) in [6.07, 6.45) is 2.21. The molecule has 1 aliphatic heterocycles. The summed E-state index contributed by atoms with van der Waals surface area (Å²) in [5, 5.41) is 1.79. The normalized spacial score (nSPS) is 19.1. The zero-order chi connectivity index (χ0) is 18.4. The van der Waals surface area contributed by atoms with E-state index in [0.717, 1.165) is 41.3 Å². The average Bonchev–Trinajstić information content (AvgIpc) is 3.34. The molecule has 27 heavy (non-hydrogen) atoms. The Morgan fingerprint density at radius 3 is 2.74 bits per heavy atom. The molecular weight excluding hydrogens is 356 g/mol. The van der Waals surface area contributed by atoms with Crippen LogP contribution in [-0.4, -0.2) is 26.4 Å². The van der Waals surface area contributed by atoms with Crippen LogP contribution in [-0.2, 0) is 0 Å². The van der Waals surface area contributed by atoms with Gasteiger partial charge in [0.15, 0.2) is 0 Å². The van der Waals surface area contributed by atoms with Gasteiger partial charge in [0.1, 0.15) is 10.8 Å². The van der Waals surface area contributed by atoms with Gasteiger partial charge in [-0.25, -0.2) is 9.97 Å². The molecule has 2 aromatic carbocycles. The smallest absolute Gasteiger partial charge is 0.258 e. The molecule has 1 aliphatic rings. The van der Waals surface area contributed by atoms with Gasteiger partial charge in [0.25, 0.3) is 5.56 Å². The Hall–Kier alpha value is -2.57. The van der Waals surface area contributed by atoms with Crippen molar-refractivity contribution in [1.82, 2.24) is 19.9 Å². The van der Waals surface area contributed by atoms with Crippen molar-refractivity contribution in [2.45, 2.75) is 31.8 Å². The SMILES string of the molecule is CC(c1nc2ccccc2c(=O)[nH]1)N1CCCC1c1nc2ccccc2s1. The van der Waals surface area contributed by atoms with Crippen molar-refractivity contribution in [2.75, 3.05) is 6.54 Å². The zero-order valence-corrected chi connectivity index (χ0v) is 15.9. The van der Waals surface area contributed by atoms with E-state index in [0.29, 0.717) is 5.39 Å². The molecule has 2 unspecified atom stereocenters. The minimum Gasteiger partial charge on any atom is -0.309 e. The fraction of sp³-hybridized carbons (Fsp3) is 0.286.